The Morgan fingerprint density at radius 2 is 1.75 bits per heavy atom. The van der Waals surface area contributed by atoms with Gasteiger partial charge in [-0.05, 0) is 43.5 Å². The van der Waals surface area contributed by atoms with E-state index in [1.165, 1.54) is 0 Å². The molecule has 0 heterocycles. The summed E-state index contributed by atoms with van der Waals surface area (Å²) in [6.45, 7) is 5.04. The number of carbonyl (C=O) groups excluding carboxylic acids is 3. The highest BCUT2D eigenvalue weighted by atomic mass is 35.5. The fourth-order valence-electron chi connectivity index (χ4n) is 1.89. The molecule has 0 radical (unpaired) electrons. The van der Waals surface area contributed by atoms with Gasteiger partial charge in [-0.1, -0.05) is 18.5 Å². The van der Waals surface area contributed by atoms with Crippen molar-refractivity contribution in [1.29, 1.82) is 0 Å². The Morgan fingerprint density at radius 3 is 2.33 bits per heavy atom. The minimum absolute atomic E-state index is 0.349. The van der Waals surface area contributed by atoms with E-state index in [1.807, 2.05) is 26.1 Å². The Balaban J connectivity index is 2.37. The van der Waals surface area contributed by atoms with E-state index < -0.39 is 24.5 Å². The van der Waals surface area contributed by atoms with Crippen molar-refractivity contribution in [2.24, 2.45) is 0 Å². The van der Waals surface area contributed by atoms with Gasteiger partial charge in [-0.2, -0.15) is 0 Å². The van der Waals surface area contributed by atoms with Crippen LogP contribution >= 0.6 is 11.6 Å². The van der Waals surface area contributed by atoms with E-state index in [-0.39, 0.29) is 6.61 Å². The van der Waals surface area contributed by atoms with E-state index >= 15 is 0 Å². The number of hydrogen-bond donors (Lipinski definition) is 2. The lowest BCUT2D eigenvalue weighted by Gasteiger charge is -2.12. The van der Waals surface area contributed by atoms with Gasteiger partial charge in [-0.25, -0.2) is 9.59 Å². The van der Waals surface area contributed by atoms with Gasteiger partial charge < -0.3 is 14.8 Å². The average Bonchev–Trinajstić information content (AvgIpc) is 2.49. The Bertz CT molecular complexity index is 595. The van der Waals surface area contributed by atoms with Crippen LogP contribution in [0.15, 0.2) is 12.1 Å². The van der Waals surface area contributed by atoms with Crippen molar-refractivity contribution in [2.75, 3.05) is 19.8 Å². The molecule has 1 aromatic rings. The van der Waals surface area contributed by atoms with Gasteiger partial charge in [0.05, 0.1) is 0 Å². The van der Waals surface area contributed by atoms with E-state index in [0.717, 1.165) is 17.5 Å². The summed E-state index contributed by atoms with van der Waals surface area (Å²) in [6, 6.07) is 2.82. The zero-order valence-electron chi connectivity index (χ0n) is 13.9. The quantitative estimate of drug-likeness (QED) is 0.730. The van der Waals surface area contributed by atoms with Crippen LogP contribution in [0.5, 0.6) is 5.75 Å². The zero-order valence-corrected chi connectivity index (χ0v) is 14.7. The topological polar surface area (TPSA) is 93.7 Å². The fraction of sp³-hybridized carbons (Fsp3) is 0.438. The molecule has 0 aliphatic carbocycles. The van der Waals surface area contributed by atoms with Gasteiger partial charge in [0.15, 0.2) is 13.2 Å². The molecule has 2 N–H and O–H groups in total. The molecule has 0 atom stereocenters. The molecule has 1 rings (SSSR count). The minimum atomic E-state index is -0.715. The third-order valence-electron chi connectivity index (χ3n) is 2.91. The van der Waals surface area contributed by atoms with Crippen molar-refractivity contribution in [3.05, 3.63) is 28.3 Å². The maximum absolute atomic E-state index is 11.6. The summed E-state index contributed by atoms with van der Waals surface area (Å²) in [5.74, 6) is -0.886. The van der Waals surface area contributed by atoms with Crippen molar-refractivity contribution in [1.82, 2.24) is 10.6 Å². The summed E-state index contributed by atoms with van der Waals surface area (Å²) in [5, 5.41) is 5.10. The molecule has 0 saturated heterocycles. The number of hydrogen-bond acceptors (Lipinski definition) is 5. The fourth-order valence-corrected chi connectivity index (χ4v) is 2.22. The molecule has 3 amide bonds. The molecule has 0 spiro atoms. The number of urea groups is 1. The molecule has 0 saturated carbocycles. The van der Waals surface area contributed by atoms with Crippen LogP contribution in [0.1, 0.15) is 24.5 Å². The van der Waals surface area contributed by atoms with Gasteiger partial charge in [0.2, 0.25) is 0 Å². The van der Waals surface area contributed by atoms with Crippen molar-refractivity contribution >= 4 is 29.5 Å². The maximum Gasteiger partial charge on any atom is 0.344 e. The van der Waals surface area contributed by atoms with Gasteiger partial charge in [0, 0.05) is 11.6 Å². The second-order valence-corrected chi connectivity index (χ2v) is 5.56. The molecular weight excluding hydrogens is 336 g/mol. The first-order valence-corrected chi connectivity index (χ1v) is 7.84. The first-order valence-electron chi connectivity index (χ1n) is 7.46. The van der Waals surface area contributed by atoms with Gasteiger partial charge in [0.25, 0.3) is 5.91 Å². The van der Waals surface area contributed by atoms with Crippen LogP contribution in [0.25, 0.3) is 0 Å². The number of benzene rings is 1. The van der Waals surface area contributed by atoms with Gasteiger partial charge in [-0.15, -0.1) is 0 Å². The van der Waals surface area contributed by atoms with Crippen LogP contribution < -0.4 is 15.4 Å². The largest absolute Gasteiger partial charge is 0.481 e. The van der Waals surface area contributed by atoms with Crippen LogP contribution in [0, 0.1) is 13.8 Å². The summed E-state index contributed by atoms with van der Waals surface area (Å²) in [6.07, 6.45) is 0.747. The highest BCUT2D eigenvalue weighted by Gasteiger charge is 2.13. The Hall–Kier alpha value is -2.28. The molecule has 24 heavy (non-hydrogen) atoms. The Morgan fingerprint density at radius 1 is 1.12 bits per heavy atom. The summed E-state index contributed by atoms with van der Waals surface area (Å²) >= 11 is 5.92. The molecule has 0 fully saturated rings. The van der Waals surface area contributed by atoms with Crippen molar-refractivity contribution in [2.45, 2.75) is 27.2 Å². The number of aryl methyl sites for hydroxylation is 2. The molecule has 0 aliphatic heterocycles. The lowest BCUT2D eigenvalue weighted by atomic mass is 10.1. The second-order valence-electron chi connectivity index (χ2n) is 5.12. The zero-order chi connectivity index (χ0) is 18.1. The Kier molecular flexibility index (Phi) is 8.05. The molecule has 7 nitrogen and oxygen atoms in total. The van der Waals surface area contributed by atoms with Gasteiger partial charge in [0.1, 0.15) is 5.75 Å². The number of rotatable bonds is 7. The molecule has 1 aromatic carbocycles. The number of nitrogens with one attached hydrogen (secondary N) is 2. The van der Waals surface area contributed by atoms with Crippen molar-refractivity contribution in [3.8, 4) is 5.75 Å². The molecule has 0 unspecified atom stereocenters. The molecule has 132 valence electrons. The van der Waals surface area contributed by atoms with Crippen LogP contribution in [0.2, 0.25) is 5.02 Å². The molecular formula is C16H21ClN2O5. The minimum Gasteiger partial charge on any atom is -0.481 e. The number of esters is 1. The standard InChI is InChI=1S/C16H21ClN2O5/c1-4-5-18-16(22)19-13(20)8-23-14(21)9-24-15-10(2)6-12(17)7-11(15)3/h6-7H,4-5,8-9H2,1-3H3,(H2,18,19,20,22). The number of halogens is 1. The van der Waals surface area contributed by atoms with E-state index in [1.54, 1.807) is 12.1 Å². The van der Waals surface area contributed by atoms with E-state index in [0.29, 0.717) is 17.3 Å². The van der Waals surface area contributed by atoms with E-state index in [4.69, 9.17) is 21.1 Å². The third kappa shape index (κ3) is 6.87. The van der Waals surface area contributed by atoms with E-state index in [2.05, 4.69) is 5.32 Å². The average molecular weight is 357 g/mol. The van der Waals surface area contributed by atoms with Crippen LogP contribution in [0.4, 0.5) is 4.79 Å². The molecule has 0 bridgehead atoms. The summed E-state index contributed by atoms with van der Waals surface area (Å²) in [7, 11) is 0. The Labute approximate surface area is 145 Å². The number of imide groups is 1. The van der Waals surface area contributed by atoms with Crippen molar-refractivity contribution < 1.29 is 23.9 Å². The summed E-state index contributed by atoms with van der Waals surface area (Å²) in [5.41, 5.74) is 1.58. The second kappa shape index (κ2) is 9.77. The predicted molar refractivity (Wildman–Crippen MR) is 89.2 cm³/mol. The first-order chi connectivity index (χ1) is 11.3. The van der Waals surface area contributed by atoms with Crippen LogP contribution in [-0.2, 0) is 14.3 Å². The highest BCUT2D eigenvalue weighted by molar-refractivity contribution is 6.30. The number of amides is 3. The van der Waals surface area contributed by atoms with Crippen LogP contribution in [-0.4, -0.2) is 37.7 Å². The molecule has 0 aromatic heterocycles. The summed E-state index contributed by atoms with van der Waals surface area (Å²) in [4.78, 5) is 34.3. The van der Waals surface area contributed by atoms with Gasteiger partial charge >= 0.3 is 12.0 Å². The third-order valence-corrected chi connectivity index (χ3v) is 3.13. The number of ether oxygens (including phenoxy) is 2. The molecule has 0 aliphatic rings. The van der Waals surface area contributed by atoms with Crippen molar-refractivity contribution in [3.63, 3.8) is 0 Å². The summed E-state index contributed by atoms with van der Waals surface area (Å²) < 4.78 is 10.2. The highest BCUT2D eigenvalue weighted by Crippen LogP contribution is 2.26. The smallest absolute Gasteiger partial charge is 0.344 e. The normalized spacial score (nSPS) is 10.0. The number of carbonyl (C=O) groups is 3. The monoisotopic (exact) mass is 356 g/mol. The maximum atomic E-state index is 11.6. The van der Waals surface area contributed by atoms with Gasteiger partial charge in [-0.3, -0.25) is 10.1 Å². The first kappa shape index (κ1) is 19.8. The van der Waals surface area contributed by atoms with Crippen LogP contribution in [0.3, 0.4) is 0 Å². The van der Waals surface area contributed by atoms with E-state index in [9.17, 15) is 14.4 Å². The lowest BCUT2D eigenvalue weighted by Crippen LogP contribution is -2.41. The lowest BCUT2D eigenvalue weighted by molar-refractivity contribution is -0.150. The molecule has 8 heteroatoms. The SMILES string of the molecule is CCCNC(=O)NC(=O)COC(=O)COc1c(C)cc(Cl)cc1C. The predicted octanol–water partition coefficient (Wildman–Crippen LogP) is 2.11.